The molecule has 4 aromatic rings. The van der Waals surface area contributed by atoms with Crippen LogP contribution < -0.4 is 9.46 Å². The Labute approximate surface area is 214 Å². The minimum Gasteiger partial charge on any atom is -0.488 e. The molecule has 0 atom stereocenters. The first-order valence-electron chi connectivity index (χ1n) is 10.7. The van der Waals surface area contributed by atoms with Crippen LogP contribution in [0.1, 0.15) is 40.9 Å². The van der Waals surface area contributed by atoms with Crippen LogP contribution in [0.2, 0.25) is 0 Å². The van der Waals surface area contributed by atoms with Gasteiger partial charge in [0, 0.05) is 11.5 Å². The van der Waals surface area contributed by atoms with E-state index in [1.807, 2.05) is 13.8 Å². The molecule has 0 amide bonds. The highest BCUT2D eigenvalue weighted by Gasteiger charge is 2.30. The molecule has 4 rings (SSSR count). The SMILES string of the molecule is Cc1nc(-c2cccc(C(F)(F)F)c2)sc1COc1ccc(S(=O)(=O)Nc2nnc(C(C)C)s2)cc1. The number of halogens is 3. The fourth-order valence-electron chi connectivity index (χ4n) is 3.06. The molecule has 7 nitrogen and oxygen atoms in total. The molecule has 0 bridgehead atoms. The van der Waals surface area contributed by atoms with Crippen molar-refractivity contribution in [2.24, 2.45) is 0 Å². The van der Waals surface area contributed by atoms with Crippen LogP contribution in [-0.4, -0.2) is 23.6 Å². The van der Waals surface area contributed by atoms with Crippen molar-refractivity contribution in [3.8, 4) is 16.3 Å². The number of nitrogens with zero attached hydrogens (tertiary/aromatic N) is 3. The van der Waals surface area contributed by atoms with Crippen LogP contribution in [0.3, 0.4) is 0 Å². The highest BCUT2D eigenvalue weighted by atomic mass is 32.2. The second kappa shape index (κ2) is 10.1. The van der Waals surface area contributed by atoms with Gasteiger partial charge in [-0.15, -0.1) is 21.5 Å². The molecule has 2 aromatic carbocycles. The number of benzene rings is 2. The maximum atomic E-state index is 13.0. The van der Waals surface area contributed by atoms with E-state index in [1.165, 1.54) is 53.0 Å². The van der Waals surface area contributed by atoms with Gasteiger partial charge in [0.05, 0.1) is 21.0 Å². The minimum absolute atomic E-state index is 0.0388. The van der Waals surface area contributed by atoms with Crippen LogP contribution >= 0.6 is 22.7 Å². The van der Waals surface area contributed by atoms with Crippen LogP contribution in [-0.2, 0) is 22.8 Å². The number of alkyl halides is 3. The van der Waals surface area contributed by atoms with Crippen LogP contribution in [0.5, 0.6) is 5.75 Å². The first-order valence-corrected chi connectivity index (χ1v) is 13.8. The number of aromatic nitrogens is 3. The van der Waals surface area contributed by atoms with Gasteiger partial charge >= 0.3 is 6.18 Å². The number of sulfonamides is 1. The zero-order valence-electron chi connectivity index (χ0n) is 19.3. The van der Waals surface area contributed by atoms with Crippen molar-refractivity contribution < 1.29 is 26.3 Å². The van der Waals surface area contributed by atoms with E-state index in [9.17, 15) is 21.6 Å². The van der Waals surface area contributed by atoms with E-state index >= 15 is 0 Å². The Kier molecular flexibility index (Phi) is 7.34. The lowest BCUT2D eigenvalue weighted by molar-refractivity contribution is -0.137. The van der Waals surface area contributed by atoms with Gasteiger partial charge in [-0.05, 0) is 43.3 Å². The van der Waals surface area contributed by atoms with Crippen molar-refractivity contribution in [3.63, 3.8) is 0 Å². The van der Waals surface area contributed by atoms with E-state index in [1.54, 1.807) is 13.0 Å². The van der Waals surface area contributed by atoms with Gasteiger partial charge in [-0.2, -0.15) is 13.2 Å². The van der Waals surface area contributed by atoms with Gasteiger partial charge < -0.3 is 4.74 Å². The predicted octanol–water partition coefficient (Wildman–Crippen LogP) is 6.49. The number of anilines is 1. The van der Waals surface area contributed by atoms with E-state index in [-0.39, 0.29) is 22.6 Å². The topological polar surface area (TPSA) is 94.1 Å². The summed E-state index contributed by atoms with van der Waals surface area (Å²) in [6, 6.07) is 10.9. The zero-order valence-corrected chi connectivity index (χ0v) is 21.8. The molecule has 0 radical (unpaired) electrons. The highest BCUT2D eigenvalue weighted by Crippen LogP contribution is 2.34. The van der Waals surface area contributed by atoms with Crippen LogP contribution in [0.15, 0.2) is 53.4 Å². The molecule has 190 valence electrons. The van der Waals surface area contributed by atoms with Crippen LogP contribution in [0.4, 0.5) is 18.3 Å². The summed E-state index contributed by atoms with van der Waals surface area (Å²) in [5, 5.41) is 9.22. The predicted molar refractivity (Wildman–Crippen MR) is 133 cm³/mol. The third kappa shape index (κ3) is 6.02. The highest BCUT2D eigenvalue weighted by molar-refractivity contribution is 7.93. The Morgan fingerprint density at radius 2 is 1.78 bits per heavy atom. The van der Waals surface area contributed by atoms with Gasteiger partial charge in [-0.1, -0.05) is 37.3 Å². The summed E-state index contributed by atoms with van der Waals surface area (Å²) in [7, 11) is -3.84. The van der Waals surface area contributed by atoms with Gasteiger partial charge in [0.25, 0.3) is 10.0 Å². The normalized spacial score (nSPS) is 12.2. The number of hydrogen-bond acceptors (Lipinski definition) is 8. The Hall–Kier alpha value is -3.03. The number of rotatable bonds is 8. The van der Waals surface area contributed by atoms with Gasteiger partial charge in [0.15, 0.2) is 0 Å². The van der Waals surface area contributed by atoms with Crippen molar-refractivity contribution in [1.82, 2.24) is 15.2 Å². The smallest absolute Gasteiger partial charge is 0.416 e. The summed E-state index contributed by atoms with van der Waals surface area (Å²) in [6.07, 6.45) is -4.43. The van der Waals surface area contributed by atoms with Gasteiger partial charge in [-0.3, -0.25) is 4.72 Å². The Morgan fingerprint density at radius 3 is 2.42 bits per heavy atom. The molecular formula is C23H21F3N4O3S3. The number of nitrogens with one attached hydrogen (secondary N) is 1. The van der Waals surface area contributed by atoms with Crippen molar-refractivity contribution in [3.05, 3.63) is 69.7 Å². The summed E-state index contributed by atoms with van der Waals surface area (Å²) in [5.41, 5.74) is 0.289. The maximum Gasteiger partial charge on any atom is 0.416 e. The fraction of sp³-hybridized carbons (Fsp3) is 0.261. The van der Waals surface area contributed by atoms with E-state index in [4.69, 9.17) is 4.74 Å². The molecule has 0 saturated carbocycles. The lowest BCUT2D eigenvalue weighted by Crippen LogP contribution is -2.12. The molecule has 36 heavy (non-hydrogen) atoms. The molecule has 0 aliphatic heterocycles. The molecule has 2 aromatic heterocycles. The van der Waals surface area contributed by atoms with Gasteiger partial charge in [0.2, 0.25) is 5.13 Å². The second-order valence-corrected chi connectivity index (χ2v) is 11.8. The summed E-state index contributed by atoms with van der Waals surface area (Å²) >= 11 is 2.42. The molecule has 0 spiro atoms. The van der Waals surface area contributed by atoms with Gasteiger partial charge in [-0.25, -0.2) is 13.4 Å². The van der Waals surface area contributed by atoms with E-state index in [2.05, 4.69) is 19.9 Å². The molecule has 2 heterocycles. The first kappa shape index (κ1) is 26.0. The standard InChI is InChI=1S/C23H21F3N4O3S3/c1-13(2)20-28-29-22(35-20)30-36(31,32)18-9-7-17(8-10-18)33-12-19-14(3)27-21(34-19)15-5-4-6-16(11-15)23(24,25)26/h4-11,13H,12H2,1-3H3,(H,29,30). The molecule has 13 heteroatoms. The number of hydrogen-bond donors (Lipinski definition) is 1. The molecule has 0 aliphatic rings. The van der Waals surface area contributed by atoms with E-state index in [0.717, 1.165) is 22.0 Å². The third-order valence-electron chi connectivity index (χ3n) is 4.99. The number of thiazole rings is 1. The summed E-state index contributed by atoms with van der Waals surface area (Å²) in [5.74, 6) is 0.570. The summed E-state index contributed by atoms with van der Waals surface area (Å²) in [6.45, 7) is 5.77. The molecule has 0 fully saturated rings. The lowest BCUT2D eigenvalue weighted by atomic mass is 10.1. The van der Waals surface area contributed by atoms with Crippen LogP contribution in [0.25, 0.3) is 10.6 Å². The largest absolute Gasteiger partial charge is 0.488 e. The molecule has 0 unspecified atom stereocenters. The summed E-state index contributed by atoms with van der Waals surface area (Å²) in [4.78, 5) is 5.18. The fourth-order valence-corrected chi connectivity index (χ4v) is 6.01. The third-order valence-corrected chi connectivity index (χ3v) is 8.79. The minimum atomic E-state index is -4.43. The number of ether oxygens (including phenoxy) is 1. The molecular weight excluding hydrogens is 533 g/mol. The van der Waals surface area contributed by atoms with Crippen molar-refractivity contribution in [1.29, 1.82) is 0 Å². The van der Waals surface area contributed by atoms with Crippen molar-refractivity contribution in [2.75, 3.05) is 4.72 Å². The molecule has 0 aliphatic carbocycles. The van der Waals surface area contributed by atoms with E-state index < -0.39 is 21.8 Å². The first-order chi connectivity index (χ1) is 16.9. The zero-order chi connectivity index (χ0) is 26.1. The second-order valence-electron chi connectivity index (χ2n) is 8.07. The average molecular weight is 555 g/mol. The Balaban J connectivity index is 1.42. The summed E-state index contributed by atoms with van der Waals surface area (Å²) < 4.78 is 72.6. The van der Waals surface area contributed by atoms with Crippen molar-refractivity contribution >= 4 is 37.8 Å². The molecule has 0 saturated heterocycles. The maximum absolute atomic E-state index is 13.0. The van der Waals surface area contributed by atoms with Crippen LogP contribution in [0, 0.1) is 6.92 Å². The molecule has 1 N–H and O–H groups in total. The number of aryl methyl sites for hydroxylation is 1. The average Bonchev–Trinajstić information content (AvgIpc) is 3.44. The van der Waals surface area contributed by atoms with Crippen molar-refractivity contribution in [2.45, 2.75) is 44.4 Å². The van der Waals surface area contributed by atoms with Gasteiger partial charge in [0.1, 0.15) is 22.4 Å². The van der Waals surface area contributed by atoms with E-state index in [0.29, 0.717) is 22.0 Å². The monoisotopic (exact) mass is 554 g/mol. The Morgan fingerprint density at radius 1 is 1.06 bits per heavy atom. The Bertz CT molecular complexity index is 1460. The lowest BCUT2D eigenvalue weighted by Gasteiger charge is -2.08. The quantitative estimate of drug-likeness (QED) is 0.268.